The zero-order valence-electron chi connectivity index (χ0n) is 55.8. The van der Waals surface area contributed by atoms with E-state index >= 15 is 0 Å². The van der Waals surface area contributed by atoms with Gasteiger partial charge in [-0.2, -0.15) is 0 Å². The highest BCUT2D eigenvalue weighted by Crippen LogP contribution is 2.19. The Morgan fingerprint density at radius 3 is 0.610 bits per heavy atom. The van der Waals surface area contributed by atoms with Crippen LogP contribution in [0.4, 0.5) is 0 Å². The van der Waals surface area contributed by atoms with Crippen molar-refractivity contribution < 1.29 is 28.6 Å². The first-order valence-electron chi connectivity index (χ1n) is 37.3. The Hall–Kier alpha value is -2.11. The lowest BCUT2D eigenvalue weighted by Gasteiger charge is -2.18. The molecule has 0 saturated heterocycles. The van der Waals surface area contributed by atoms with Crippen molar-refractivity contribution in [2.24, 2.45) is 0 Å². The number of unbranched alkanes of at least 4 members (excludes halogenated alkanes) is 55. The van der Waals surface area contributed by atoms with Gasteiger partial charge in [0.2, 0.25) is 0 Å². The molecule has 0 aliphatic heterocycles. The van der Waals surface area contributed by atoms with Gasteiger partial charge in [-0.1, -0.05) is 360 Å². The topological polar surface area (TPSA) is 78.9 Å². The van der Waals surface area contributed by atoms with E-state index in [2.05, 4.69) is 45.1 Å². The summed E-state index contributed by atoms with van der Waals surface area (Å²) in [5.41, 5.74) is 0. The zero-order chi connectivity index (χ0) is 59.2. The number of esters is 3. The molecule has 0 radical (unpaired) electrons. The van der Waals surface area contributed by atoms with Crippen molar-refractivity contribution in [2.75, 3.05) is 13.2 Å². The van der Waals surface area contributed by atoms with Crippen LogP contribution in [0, 0.1) is 0 Å². The average Bonchev–Trinajstić information content (AvgIpc) is 3.47. The SMILES string of the molecule is CCCCCCCC/C=C\CCCCCCCCCCCC(=O)OC(COC(=O)CCCCCCCCCCCCCC)COC(=O)CCCCCCCCCCCCCCCCCCCCCCC/C=C\CCCCCCCCCC. The van der Waals surface area contributed by atoms with Crippen LogP contribution in [-0.4, -0.2) is 37.2 Å². The van der Waals surface area contributed by atoms with Gasteiger partial charge in [-0.3, -0.25) is 14.4 Å². The summed E-state index contributed by atoms with van der Waals surface area (Å²) in [7, 11) is 0. The van der Waals surface area contributed by atoms with Crippen LogP contribution in [0.3, 0.4) is 0 Å². The lowest BCUT2D eigenvalue weighted by molar-refractivity contribution is -0.167. The van der Waals surface area contributed by atoms with Gasteiger partial charge in [0.15, 0.2) is 6.10 Å². The summed E-state index contributed by atoms with van der Waals surface area (Å²) in [6.07, 6.45) is 88.1. The van der Waals surface area contributed by atoms with Crippen molar-refractivity contribution in [3.8, 4) is 0 Å². The highest BCUT2D eigenvalue weighted by Gasteiger charge is 2.20. The van der Waals surface area contributed by atoms with Crippen molar-refractivity contribution in [3.05, 3.63) is 24.3 Å². The molecule has 0 aromatic carbocycles. The average molecular weight is 1150 g/mol. The molecule has 0 bridgehead atoms. The Morgan fingerprint density at radius 2 is 0.402 bits per heavy atom. The highest BCUT2D eigenvalue weighted by atomic mass is 16.6. The van der Waals surface area contributed by atoms with Gasteiger partial charge in [-0.25, -0.2) is 0 Å². The van der Waals surface area contributed by atoms with E-state index in [-0.39, 0.29) is 31.1 Å². The van der Waals surface area contributed by atoms with Gasteiger partial charge >= 0.3 is 17.9 Å². The molecule has 1 atom stereocenters. The number of hydrogen-bond donors (Lipinski definition) is 0. The first-order chi connectivity index (χ1) is 40.5. The Labute approximate surface area is 513 Å². The third-order valence-electron chi connectivity index (χ3n) is 17.2. The summed E-state index contributed by atoms with van der Waals surface area (Å²) < 4.78 is 17.0. The first-order valence-corrected chi connectivity index (χ1v) is 37.3. The standard InChI is InChI=1S/C76H144O6/c1-4-7-10-13-16-19-22-25-27-29-31-32-33-34-35-36-37-38-39-40-41-42-43-44-46-47-49-51-54-57-60-63-66-69-75(78)81-72-73(71-80-74(77)68-65-62-59-56-53-24-21-18-15-12-9-6-3)82-76(79)70-67-64-61-58-55-52-50-48-45-30-28-26-23-20-17-14-11-8-5-2/h26,28-29,31,73H,4-25,27,30,32-72H2,1-3H3/b28-26-,31-29-. The lowest BCUT2D eigenvalue weighted by Crippen LogP contribution is -2.30. The van der Waals surface area contributed by atoms with Crippen molar-refractivity contribution in [1.82, 2.24) is 0 Å². The number of ether oxygens (including phenoxy) is 3. The van der Waals surface area contributed by atoms with E-state index < -0.39 is 6.10 Å². The quantitative estimate of drug-likeness (QED) is 0.0261. The molecule has 1 unspecified atom stereocenters. The molecule has 0 saturated carbocycles. The Balaban J connectivity index is 4.08. The molecule has 0 heterocycles. The fraction of sp³-hybridized carbons (Fsp3) is 0.908. The maximum absolute atomic E-state index is 12.9. The maximum atomic E-state index is 12.9. The summed E-state index contributed by atoms with van der Waals surface area (Å²) in [5.74, 6) is -0.835. The summed E-state index contributed by atoms with van der Waals surface area (Å²) >= 11 is 0. The molecule has 82 heavy (non-hydrogen) atoms. The maximum Gasteiger partial charge on any atom is 0.306 e. The third-order valence-corrected chi connectivity index (χ3v) is 17.2. The van der Waals surface area contributed by atoms with E-state index in [4.69, 9.17) is 14.2 Å². The van der Waals surface area contributed by atoms with E-state index in [1.54, 1.807) is 0 Å². The largest absolute Gasteiger partial charge is 0.462 e. The molecule has 0 spiro atoms. The predicted molar refractivity (Wildman–Crippen MR) is 358 cm³/mol. The van der Waals surface area contributed by atoms with Crippen LogP contribution < -0.4 is 0 Å². The summed E-state index contributed by atoms with van der Waals surface area (Å²) in [6, 6.07) is 0. The van der Waals surface area contributed by atoms with Crippen molar-refractivity contribution in [1.29, 1.82) is 0 Å². The van der Waals surface area contributed by atoms with Crippen LogP contribution in [0.25, 0.3) is 0 Å². The van der Waals surface area contributed by atoms with Crippen LogP contribution in [0.5, 0.6) is 0 Å². The fourth-order valence-corrected chi connectivity index (χ4v) is 11.6. The van der Waals surface area contributed by atoms with E-state index in [1.165, 1.54) is 327 Å². The van der Waals surface area contributed by atoms with Gasteiger partial charge in [-0.05, 0) is 70.6 Å². The number of rotatable bonds is 70. The van der Waals surface area contributed by atoms with Crippen molar-refractivity contribution in [2.45, 2.75) is 431 Å². The van der Waals surface area contributed by atoms with Crippen molar-refractivity contribution >= 4 is 17.9 Å². The number of allylic oxidation sites excluding steroid dienone is 4. The molecule has 0 aromatic heterocycles. The molecular formula is C76H144O6. The molecule has 484 valence electrons. The van der Waals surface area contributed by atoms with Crippen LogP contribution in [0.15, 0.2) is 24.3 Å². The van der Waals surface area contributed by atoms with Crippen LogP contribution in [0.2, 0.25) is 0 Å². The second-order valence-corrected chi connectivity index (χ2v) is 25.6. The van der Waals surface area contributed by atoms with Crippen LogP contribution in [-0.2, 0) is 28.6 Å². The minimum absolute atomic E-state index is 0.0652. The molecular weight excluding hydrogens is 1010 g/mol. The third kappa shape index (κ3) is 68.7. The second-order valence-electron chi connectivity index (χ2n) is 25.6. The summed E-state index contributed by atoms with van der Waals surface area (Å²) in [6.45, 7) is 6.71. The summed E-state index contributed by atoms with van der Waals surface area (Å²) in [4.78, 5) is 38.4. The number of hydrogen-bond acceptors (Lipinski definition) is 6. The molecule has 0 amide bonds. The second kappa shape index (κ2) is 71.4. The molecule has 0 fully saturated rings. The van der Waals surface area contributed by atoms with Crippen LogP contribution in [0.1, 0.15) is 425 Å². The van der Waals surface area contributed by atoms with Gasteiger partial charge in [0.25, 0.3) is 0 Å². The van der Waals surface area contributed by atoms with E-state index in [0.29, 0.717) is 19.3 Å². The Bertz CT molecular complexity index is 1320. The minimum atomic E-state index is -0.769. The van der Waals surface area contributed by atoms with Gasteiger partial charge in [0.1, 0.15) is 13.2 Å². The molecule has 0 N–H and O–H groups in total. The fourth-order valence-electron chi connectivity index (χ4n) is 11.6. The Kier molecular flexibility index (Phi) is 69.5. The van der Waals surface area contributed by atoms with Gasteiger partial charge in [0.05, 0.1) is 0 Å². The predicted octanol–water partition coefficient (Wildman–Crippen LogP) is 25.7. The smallest absolute Gasteiger partial charge is 0.306 e. The molecule has 0 aliphatic rings. The van der Waals surface area contributed by atoms with Gasteiger partial charge in [0, 0.05) is 19.3 Å². The highest BCUT2D eigenvalue weighted by molar-refractivity contribution is 5.71. The normalized spacial score (nSPS) is 12.1. The van der Waals surface area contributed by atoms with Gasteiger partial charge < -0.3 is 14.2 Å². The molecule has 0 aliphatic carbocycles. The van der Waals surface area contributed by atoms with E-state index in [9.17, 15) is 14.4 Å². The molecule has 6 heteroatoms. The monoisotopic (exact) mass is 1150 g/mol. The number of carbonyl (C=O) groups is 3. The lowest BCUT2D eigenvalue weighted by atomic mass is 10.0. The van der Waals surface area contributed by atoms with Crippen LogP contribution >= 0.6 is 0 Å². The molecule has 0 rings (SSSR count). The zero-order valence-corrected chi connectivity index (χ0v) is 55.8. The van der Waals surface area contributed by atoms with E-state index in [1.807, 2.05) is 0 Å². The van der Waals surface area contributed by atoms with Gasteiger partial charge in [-0.15, -0.1) is 0 Å². The van der Waals surface area contributed by atoms with Crippen molar-refractivity contribution in [3.63, 3.8) is 0 Å². The number of carbonyl (C=O) groups excluding carboxylic acids is 3. The Morgan fingerprint density at radius 1 is 0.232 bits per heavy atom. The minimum Gasteiger partial charge on any atom is -0.462 e. The first kappa shape index (κ1) is 79.9. The molecule has 6 nitrogen and oxygen atoms in total. The molecule has 0 aromatic rings. The van der Waals surface area contributed by atoms with E-state index in [0.717, 1.165) is 57.8 Å². The summed E-state index contributed by atoms with van der Waals surface area (Å²) in [5, 5.41) is 0.